The Balaban J connectivity index is 1.87. The first kappa shape index (κ1) is 21.4. The van der Waals surface area contributed by atoms with Crippen LogP contribution in [-0.2, 0) is 28.8 Å². The summed E-state index contributed by atoms with van der Waals surface area (Å²) in [5, 5.41) is 18.5. The molecule has 1 saturated carbocycles. The van der Waals surface area contributed by atoms with Gasteiger partial charge in [0.1, 0.15) is 0 Å². The van der Waals surface area contributed by atoms with Crippen LogP contribution in [0.5, 0.6) is 0 Å². The third-order valence-electron chi connectivity index (χ3n) is 6.93. The van der Waals surface area contributed by atoms with Gasteiger partial charge in [0.15, 0.2) is 11.5 Å². The molecule has 30 heavy (non-hydrogen) atoms. The summed E-state index contributed by atoms with van der Waals surface area (Å²) in [5.41, 5.74) is -1.82. The fraction of sp³-hybridized carbons (Fsp3) is 0.789. The minimum atomic E-state index is -4.95. The normalized spacial score (nSPS) is 40.6. The molecule has 0 aromatic heterocycles. The summed E-state index contributed by atoms with van der Waals surface area (Å²) in [6.45, 7) is 3.54. The lowest BCUT2D eigenvalue weighted by Gasteiger charge is -2.57. The van der Waals surface area contributed by atoms with Crippen molar-refractivity contribution < 1.29 is 52.2 Å². The molecule has 5 rings (SSSR count). The quantitative estimate of drug-likeness (QED) is 0.511. The summed E-state index contributed by atoms with van der Waals surface area (Å²) in [6.07, 6.45) is -5.44. The molecule has 1 spiro atoms. The number of aliphatic carboxylic acids is 2. The molecule has 3 saturated heterocycles. The Bertz CT molecular complexity index is 781. The Kier molecular flexibility index (Phi) is 4.87. The third kappa shape index (κ3) is 3.09. The van der Waals surface area contributed by atoms with Crippen molar-refractivity contribution in [1.82, 2.24) is 0 Å². The number of fused-ring (bicyclic) bond motifs is 2. The summed E-state index contributed by atoms with van der Waals surface area (Å²) in [6, 6.07) is 0. The van der Waals surface area contributed by atoms with Gasteiger partial charge in [-0.3, -0.25) is 9.59 Å². The second-order valence-corrected chi connectivity index (χ2v) is 8.76. The highest BCUT2D eigenvalue weighted by atomic mass is 19.4. The molecule has 0 aromatic carbocycles. The van der Waals surface area contributed by atoms with Gasteiger partial charge in [-0.2, -0.15) is 13.2 Å². The smallest absolute Gasteiger partial charge is 0.448 e. The van der Waals surface area contributed by atoms with Crippen molar-refractivity contribution in [3.05, 3.63) is 11.3 Å². The fourth-order valence-corrected chi connectivity index (χ4v) is 5.47. The zero-order chi connectivity index (χ0) is 22.1. The van der Waals surface area contributed by atoms with Gasteiger partial charge in [0.25, 0.3) is 0 Å². The lowest BCUT2D eigenvalue weighted by Crippen LogP contribution is -2.67. The lowest BCUT2D eigenvalue weighted by atomic mass is 9.58. The van der Waals surface area contributed by atoms with E-state index in [1.165, 1.54) is 0 Å². The molecular weight excluding hydrogens is 413 g/mol. The van der Waals surface area contributed by atoms with E-state index in [9.17, 15) is 33.0 Å². The molecule has 4 heterocycles. The molecule has 4 aliphatic heterocycles. The van der Waals surface area contributed by atoms with Crippen molar-refractivity contribution in [3.8, 4) is 0 Å². The maximum Gasteiger partial charge on any atom is 0.448 e. The number of carboxylic acid groups (broad SMARTS) is 2. The van der Waals surface area contributed by atoms with E-state index in [0.717, 1.165) is 0 Å². The molecule has 8 nitrogen and oxygen atoms in total. The summed E-state index contributed by atoms with van der Waals surface area (Å²) in [5.74, 6) is -9.28. The maximum atomic E-state index is 13.9. The molecule has 2 N–H and O–H groups in total. The van der Waals surface area contributed by atoms with Gasteiger partial charge in [-0.15, -0.1) is 0 Å². The zero-order valence-corrected chi connectivity index (χ0v) is 16.4. The SMILES string of the molecule is C[C@@H]1CC[C@H]2C(CC(C(=O)O)C(=O)O)=C(C(F)(F)F)O[C@@H]3O[C@]4(C)CCC1C32OO4. The Morgan fingerprint density at radius 2 is 1.83 bits per heavy atom. The molecule has 168 valence electrons. The molecule has 6 atom stereocenters. The third-order valence-corrected chi connectivity index (χ3v) is 6.93. The predicted octanol–water partition coefficient (Wildman–Crippen LogP) is 3.22. The van der Waals surface area contributed by atoms with E-state index in [4.69, 9.17) is 19.2 Å². The van der Waals surface area contributed by atoms with Gasteiger partial charge < -0.3 is 19.7 Å². The summed E-state index contributed by atoms with van der Waals surface area (Å²) in [4.78, 5) is 34.1. The Labute approximate surface area is 169 Å². The van der Waals surface area contributed by atoms with Crippen molar-refractivity contribution in [2.75, 3.05) is 0 Å². The van der Waals surface area contributed by atoms with E-state index in [1.54, 1.807) is 6.92 Å². The largest absolute Gasteiger partial charge is 0.481 e. The zero-order valence-electron chi connectivity index (χ0n) is 16.4. The van der Waals surface area contributed by atoms with Crippen LogP contribution in [0.25, 0.3) is 0 Å². The molecule has 2 unspecified atom stereocenters. The van der Waals surface area contributed by atoms with E-state index in [2.05, 4.69) is 0 Å². The number of hydrogen-bond donors (Lipinski definition) is 2. The van der Waals surface area contributed by atoms with Crippen LogP contribution in [0, 0.1) is 23.7 Å². The van der Waals surface area contributed by atoms with E-state index < -0.39 is 65.4 Å². The monoisotopic (exact) mass is 436 g/mol. The first-order valence-corrected chi connectivity index (χ1v) is 9.86. The number of alkyl halides is 3. The number of hydrogen-bond acceptors (Lipinski definition) is 6. The molecular formula is C19H23F3O8. The van der Waals surface area contributed by atoms with E-state index in [-0.39, 0.29) is 18.3 Å². The predicted molar refractivity (Wildman–Crippen MR) is 90.3 cm³/mol. The minimum absolute atomic E-state index is 0.0726. The number of ether oxygens (including phenoxy) is 2. The van der Waals surface area contributed by atoms with Gasteiger partial charge in [-0.05, 0) is 44.1 Å². The van der Waals surface area contributed by atoms with Crippen LogP contribution in [-0.4, -0.2) is 46.0 Å². The molecule has 4 fully saturated rings. The second-order valence-electron chi connectivity index (χ2n) is 8.76. The highest BCUT2D eigenvalue weighted by molar-refractivity contribution is 5.93. The van der Waals surface area contributed by atoms with Crippen LogP contribution in [0.2, 0.25) is 0 Å². The number of carbonyl (C=O) groups is 2. The minimum Gasteiger partial charge on any atom is -0.481 e. The van der Waals surface area contributed by atoms with Crippen LogP contribution < -0.4 is 0 Å². The number of carboxylic acids is 2. The average Bonchev–Trinajstić information content (AvgIpc) is 2.86. The van der Waals surface area contributed by atoms with E-state index in [0.29, 0.717) is 19.3 Å². The van der Waals surface area contributed by atoms with Crippen LogP contribution in [0.1, 0.15) is 46.0 Å². The van der Waals surface area contributed by atoms with Gasteiger partial charge in [0.05, 0.1) is 0 Å². The van der Waals surface area contributed by atoms with Gasteiger partial charge >= 0.3 is 18.1 Å². The van der Waals surface area contributed by atoms with Gasteiger partial charge in [-0.1, -0.05) is 6.92 Å². The number of allylic oxidation sites excluding steroid dienone is 1. The Hall–Kier alpha value is -1.85. The summed E-state index contributed by atoms with van der Waals surface area (Å²) >= 11 is 0. The highest BCUT2D eigenvalue weighted by Gasteiger charge is 2.70. The molecule has 2 bridgehead atoms. The number of rotatable bonds is 4. The van der Waals surface area contributed by atoms with Gasteiger partial charge in [-0.25, -0.2) is 9.78 Å². The van der Waals surface area contributed by atoms with Gasteiger partial charge in [0, 0.05) is 18.3 Å². The molecule has 0 aromatic rings. The van der Waals surface area contributed by atoms with Crippen molar-refractivity contribution >= 4 is 11.9 Å². The molecule has 0 radical (unpaired) electrons. The second kappa shape index (κ2) is 6.83. The Morgan fingerprint density at radius 3 is 2.43 bits per heavy atom. The van der Waals surface area contributed by atoms with E-state index >= 15 is 0 Å². The van der Waals surface area contributed by atoms with Crippen LogP contribution in [0.3, 0.4) is 0 Å². The first-order valence-electron chi connectivity index (χ1n) is 9.86. The molecule has 0 amide bonds. The van der Waals surface area contributed by atoms with E-state index in [1.807, 2.05) is 6.92 Å². The lowest BCUT2D eigenvalue weighted by molar-refractivity contribution is -0.557. The van der Waals surface area contributed by atoms with Crippen LogP contribution in [0.15, 0.2) is 11.3 Å². The van der Waals surface area contributed by atoms with Crippen molar-refractivity contribution in [2.45, 2.75) is 69.8 Å². The Morgan fingerprint density at radius 1 is 1.17 bits per heavy atom. The van der Waals surface area contributed by atoms with Crippen molar-refractivity contribution in [2.24, 2.45) is 23.7 Å². The summed E-state index contributed by atoms with van der Waals surface area (Å²) in [7, 11) is 0. The van der Waals surface area contributed by atoms with Crippen LogP contribution in [0.4, 0.5) is 13.2 Å². The topological polar surface area (TPSA) is 112 Å². The fourth-order valence-electron chi connectivity index (χ4n) is 5.47. The summed E-state index contributed by atoms with van der Waals surface area (Å²) < 4.78 is 52.9. The molecule has 5 aliphatic rings. The van der Waals surface area contributed by atoms with Crippen molar-refractivity contribution in [1.29, 1.82) is 0 Å². The van der Waals surface area contributed by atoms with Gasteiger partial charge in [0.2, 0.25) is 17.8 Å². The van der Waals surface area contributed by atoms with Crippen LogP contribution >= 0.6 is 0 Å². The maximum absolute atomic E-state index is 13.9. The van der Waals surface area contributed by atoms with Crippen molar-refractivity contribution in [3.63, 3.8) is 0 Å². The standard InChI is InChI=1S/C19H23F3O8/c1-8-3-4-12-9(7-10(14(23)24)15(25)26)13(19(20,21)22)27-16-18(12)11(8)5-6-17(2,28-16)29-30-18/h8,10-12,16H,3-7H2,1-2H3,(H,23,24)(H,25,26)/t8-,11?,12+,16-,17+,18?/m1/s1. The molecule has 1 aliphatic carbocycles. The average molecular weight is 436 g/mol. The highest BCUT2D eigenvalue weighted by Crippen LogP contribution is 2.62. The first-order chi connectivity index (χ1) is 13.9. The number of halogens is 3. The molecule has 11 heteroatoms.